The molecule has 5 heteroatoms. The van der Waals surface area contributed by atoms with E-state index in [2.05, 4.69) is 151 Å². The second-order valence-corrected chi connectivity index (χ2v) is 13.3. The molecule has 0 atom stereocenters. The molecule has 0 aliphatic heterocycles. The van der Waals surface area contributed by atoms with E-state index in [1.54, 1.807) is 0 Å². The monoisotopic (exact) mass is 786 g/mol. The Labute approximate surface area is 333 Å². The van der Waals surface area contributed by atoms with Crippen LogP contribution in [0, 0.1) is 55.4 Å². The molecule has 0 bridgehead atoms. The van der Waals surface area contributed by atoms with Gasteiger partial charge in [0.25, 0.3) is 0 Å². The number of benzene rings is 4. The molecule has 0 radical (unpaired) electrons. The predicted molar refractivity (Wildman–Crippen MR) is 203 cm³/mol. The van der Waals surface area contributed by atoms with E-state index in [0.717, 1.165) is 34.2 Å². The fraction of sp³-hybridized carbons (Fsp3) is 0.174. The van der Waals surface area contributed by atoms with E-state index < -0.39 is 0 Å². The Bertz CT molecular complexity index is 2210. The molecule has 0 aliphatic carbocycles. The maximum atomic E-state index is 5.94. The molecule has 0 spiro atoms. The van der Waals surface area contributed by atoms with Crippen LogP contribution in [0.15, 0.2) is 118 Å². The number of rotatable bonds is 4. The minimum Gasteiger partial charge on any atom is -1.00 e. The van der Waals surface area contributed by atoms with Crippen molar-refractivity contribution in [3.63, 3.8) is 0 Å². The van der Waals surface area contributed by atoms with Gasteiger partial charge in [-0.15, -0.1) is 57.9 Å². The maximum Gasteiger partial charge on any atom is 4.00 e. The van der Waals surface area contributed by atoms with E-state index in [0.29, 0.717) is 0 Å². The summed E-state index contributed by atoms with van der Waals surface area (Å²) < 4.78 is 11.9. The molecule has 256 valence electrons. The van der Waals surface area contributed by atoms with Crippen molar-refractivity contribution in [3.8, 4) is 44.9 Å². The molecule has 2 aromatic heterocycles. The van der Waals surface area contributed by atoms with Crippen molar-refractivity contribution < 1.29 is 59.9 Å². The molecule has 0 saturated carbocycles. The van der Waals surface area contributed by atoms with Gasteiger partial charge in [-0.25, -0.2) is 0 Å². The van der Waals surface area contributed by atoms with E-state index >= 15 is 0 Å². The quantitative estimate of drug-likeness (QED) is 0.174. The normalized spacial score (nSPS) is 10.7. The van der Waals surface area contributed by atoms with Crippen molar-refractivity contribution in [1.29, 1.82) is 0 Å². The first-order valence-corrected chi connectivity index (χ1v) is 16.8. The molecular formula is C46H42Cl2O2Zr. The smallest absolute Gasteiger partial charge is 1.00 e. The Morgan fingerprint density at radius 3 is 1.10 bits per heavy atom. The van der Waals surface area contributed by atoms with Crippen molar-refractivity contribution in [2.45, 2.75) is 55.4 Å². The topological polar surface area (TPSA) is 26.3 Å². The molecule has 0 amide bonds. The van der Waals surface area contributed by atoms with Crippen LogP contribution < -0.4 is 24.8 Å². The van der Waals surface area contributed by atoms with E-state index in [4.69, 9.17) is 8.83 Å². The van der Waals surface area contributed by atoms with Crippen molar-refractivity contribution in [2.24, 2.45) is 0 Å². The van der Waals surface area contributed by atoms with Crippen molar-refractivity contribution in [1.82, 2.24) is 0 Å². The molecule has 8 aromatic rings. The summed E-state index contributed by atoms with van der Waals surface area (Å²) in [5, 5.41) is 5.15. The first-order chi connectivity index (χ1) is 23.1. The zero-order chi connectivity index (χ0) is 33.7. The molecule has 0 N–H and O–H groups in total. The van der Waals surface area contributed by atoms with Crippen LogP contribution in [0.2, 0.25) is 0 Å². The SMILES string of the molecule is Cc1cc(-c2cc3c(-c4ccccc4)c(C)c(C)cc3[cH-]2)oc1C.Cc1cc(-c2cc3c(-c4ccccc4)c(C)c(C)cc3[cH-]2)oc1C.[Cl-].[Cl-].[Zr+4]. The number of hydrogen-bond acceptors (Lipinski definition) is 2. The minimum absolute atomic E-state index is 0. The van der Waals surface area contributed by atoms with Crippen LogP contribution in [-0.2, 0) is 26.2 Å². The summed E-state index contributed by atoms with van der Waals surface area (Å²) >= 11 is 0. The Balaban J connectivity index is 0.000000216. The first-order valence-electron chi connectivity index (χ1n) is 16.8. The molecule has 2 nitrogen and oxygen atoms in total. The van der Waals surface area contributed by atoms with E-state index in [1.165, 1.54) is 77.2 Å². The number of hydrogen-bond donors (Lipinski definition) is 0. The summed E-state index contributed by atoms with van der Waals surface area (Å²) in [5.74, 6) is 3.89. The molecule has 0 saturated heterocycles. The molecular weight excluding hydrogens is 747 g/mol. The van der Waals surface area contributed by atoms with E-state index in [1.807, 2.05) is 13.8 Å². The van der Waals surface area contributed by atoms with Crippen molar-refractivity contribution in [2.75, 3.05) is 0 Å². The van der Waals surface area contributed by atoms with Gasteiger partial charge in [-0.2, -0.15) is 0 Å². The van der Waals surface area contributed by atoms with Gasteiger partial charge in [0.15, 0.2) is 0 Å². The zero-order valence-corrected chi connectivity index (χ0v) is 34.4. The van der Waals surface area contributed by atoms with Gasteiger partial charge < -0.3 is 33.6 Å². The fourth-order valence-electron chi connectivity index (χ4n) is 6.87. The third-order valence-corrected chi connectivity index (χ3v) is 10.1. The van der Waals surface area contributed by atoms with Crippen LogP contribution >= 0.6 is 0 Å². The van der Waals surface area contributed by atoms with Gasteiger partial charge in [0.2, 0.25) is 0 Å². The number of halogens is 2. The van der Waals surface area contributed by atoms with Gasteiger partial charge in [-0.05, 0) is 101 Å². The summed E-state index contributed by atoms with van der Waals surface area (Å²) in [4.78, 5) is 0. The second-order valence-electron chi connectivity index (χ2n) is 13.3. The molecule has 6 aromatic carbocycles. The van der Waals surface area contributed by atoms with Crippen LogP contribution in [0.5, 0.6) is 0 Å². The summed E-state index contributed by atoms with van der Waals surface area (Å²) in [5.41, 5.74) is 15.3. The molecule has 51 heavy (non-hydrogen) atoms. The van der Waals surface area contributed by atoms with Crippen LogP contribution in [0.25, 0.3) is 66.4 Å². The molecule has 2 heterocycles. The van der Waals surface area contributed by atoms with Crippen molar-refractivity contribution in [3.05, 3.63) is 154 Å². The number of fused-ring (bicyclic) bond motifs is 2. The number of aryl methyl sites for hydroxylation is 6. The van der Waals surface area contributed by atoms with Crippen LogP contribution in [0.4, 0.5) is 0 Å². The second kappa shape index (κ2) is 16.2. The van der Waals surface area contributed by atoms with E-state index in [9.17, 15) is 0 Å². The molecule has 8 rings (SSSR count). The summed E-state index contributed by atoms with van der Waals surface area (Å²) in [6, 6.07) is 39.1. The first kappa shape index (κ1) is 39.9. The van der Waals surface area contributed by atoms with Gasteiger partial charge in [0, 0.05) is 0 Å². The fourth-order valence-corrected chi connectivity index (χ4v) is 6.87. The van der Waals surface area contributed by atoms with Gasteiger partial charge in [-0.3, -0.25) is 0 Å². The third kappa shape index (κ3) is 7.68. The van der Waals surface area contributed by atoms with Crippen LogP contribution in [0.3, 0.4) is 0 Å². The summed E-state index contributed by atoms with van der Waals surface area (Å²) in [7, 11) is 0. The third-order valence-electron chi connectivity index (χ3n) is 10.1. The van der Waals surface area contributed by atoms with Crippen LogP contribution in [0.1, 0.15) is 44.9 Å². The molecule has 0 aliphatic rings. The Hall–Kier alpha value is -3.88. The maximum absolute atomic E-state index is 5.94. The van der Waals surface area contributed by atoms with Gasteiger partial charge in [0.1, 0.15) is 0 Å². The largest absolute Gasteiger partial charge is 4.00 e. The Kier molecular flexibility index (Phi) is 12.7. The summed E-state index contributed by atoms with van der Waals surface area (Å²) in [6.07, 6.45) is 0. The average Bonchev–Trinajstić information content (AvgIpc) is 3.85. The standard InChI is InChI=1S/2C23H21O.2ClH.Zr/c2*1-14-10-19-12-20(22-11-15(2)17(4)24-22)13-21(19)23(16(14)3)18-8-6-5-7-9-18;;;/h2*5-13H,1-4H3;2*1H;/q2*-1;;;+4/p-2. The Morgan fingerprint density at radius 2 is 0.784 bits per heavy atom. The summed E-state index contributed by atoms with van der Waals surface area (Å²) in [6.45, 7) is 17.0. The van der Waals surface area contributed by atoms with Crippen molar-refractivity contribution >= 4 is 21.5 Å². The molecule has 0 unspecified atom stereocenters. The predicted octanol–water partition coefficient (Wildman–Crippen LogP) is 7.44. The van der Waals surface area contributed by atoms with E-state index in [-0.39, 0.29) is 51.0 Å². The van der Waals surface area contributed by atoms with Gasteiger partial charge >= 0.3 is 26.2 Å². The van der Waals surface area contributed by atoms with Gasteiger partial charge in [-0.1, -0.05) is 94.0 Å². The molecule has 0 fully saturated rings. The number of furan rings is 2. The van der Waals surface area contributed by atoms with Gasteiger partial charge in [0.05, 0.1) is 23.0 Å². The minimum atomic E-state index is 0. The average molecular weight is 789 g/mol. The zero-order valence-electron chi connectivity index (χ0n) is 30.5. The van der Waals surface area contributed by atoms with Crippen LogP contribution in [-0.4, -0.2) is 0 Å². The Morgan fingerprint density at radius 1 is 0.431 bits per heavy atom.